The van der Waals surface area contributed by atoms with E-state index < -0.39 is 0 Å². The predicted molar refractivity (Wildman–Crippen MR) is 60.8 cm³/mol. The van der Waals surface area contributed by atoms with Crippen LogP contribution in [0.25, 0.3) is 0 Å². The summed E-state index contributed by atoms with van der Waals surface area (Å²) in [6, 6.07) is 7.34. The number of rotatable bonds is 4. The third-order valence-corrected chi connectivity index (χ3v) is 2.41. The van der Waals surface area contributed by atoms with Crippen LogP contribution in [0.15, 0.2) is 12.1 Å². The van der Waals surface area contributed by atoms with Crippen LogP contribution in [-0.4, -0.2) is 23.0 Å². The Morgan fingerprint density at radius 3 is 2.31 bits per heavy atom. The fraction of sp³-hybridized carbons (Fsp3) is 0.300. The van der Waals surface area contributed by atoms with E-state index in [9.17, 15) is 0 Å². The molecule has 0 atom stereocenters. The van der Waals surface area contributed by atoms with Crippen LogP contribution in [-0.2, 0) is 6.54 Å². The number of hydrogen-bond acceptors (Lipinski definition) is 4. The molecular weight excluding hydrogens is 247 g/mol. The maximum atomic E-state index is 8.58. The summed E-state index contributed by atoms with van der Waals surface area (Å²) in [5.74, 6) is 0. The Hall–Kier alpha value is -1.33. The van der Waals surface area contributed by atoms with Crippen LogP contribution < -0.4 is 0 Å². The van der Waals surface area contributed by atoms with Crippen molar-refractivity contribution in [2.24, 2.45) is 0 Å². The van der Waals surface area contributed by atoms with Crippen LogP contribution in [0, 0.1) is 22.7 Å². The molecule has 0 unspecified atom stereocenters. The highest BCUT2D eigenvalue weighted by Crippen LogP contribution is 2.18. The van der Waals surface area contributed by atoms with Crippen molar-refractivity contribution < 1.29 is 0 Å². The van der Waals surface area contributed by atoms with Gasteiger partial charge in [0, 0.05) is 12.1 Å². The van der Waals surface area contributed by atoms with Gasteiger partial charge in [0.25, 0.3) is 0 Å². The summed E-state index contributed by atoms with van der Waals surface area (Å²) in [5.41, 5.74) is 0.747. The second-order valence-corrected chi connectivity index (χ2v) is 3.79. The molecule has 1 rings (SSSR count). The maximum Gasteiger partial charge on any atom is 0.135 e. The van der Waals surface area contributed by atoms with Gasteiger partial charge in [-0.15, -0.1) is 0 Å². The van der Waals surface area contributed by atoms with Gasteiger partial charge in [-0.2, -0.15) is 10.5 Å². The molecule has 16 heavy (non-hydrogen) atoms. The zero-order valence-electron chi connectivity index (χ0n) is 8.32. The zero-order chi connectivity index (χ0) is 12.0. The van der Waals surface area contributed by atoms with E-state index in [0.29, 0.717) is 16.9 Å². The Bertz CT molecular complexity index is 431. The minimum Gasteiger partial charge on any atom is -0.273 e. The van der Waals surface area contributed by atoms with Gasteiger partial charge in [-0.1, -0.05) is 29.3 Å². The highest BCUT2D eigenvalue weighted by atomic mass is 35.5. The molecule has 0 bridgehead atoms. The van der Waals surface area contributed by atoms with Gasteiger partial charge in [-0.25, -0.2) is 4.98 Å². The number of nitriles is 2. The number of aromatic nitrogens is 1. The lowest BCUT2D eigenvalue weighted by atomic mass is 10.2. The van der Waals surface area contributed by atoms with Gasteiger partial charge in [0.1, 0.15) is 10.3 Å². The summed E-state index contributed by atoms with van der Waals surface area (Å²) in [7, 11) is 0. The largest absolute Gasteiger partial charge is 0.273 e. The standard InChI is InChI=1S/C10H8Cl2N4/c11-9-2-1-8(10(12)15-9)7-16(5-3-13)6-4-14/h1-2H,5-7H2. The van der Waals surface area contributed by atoms with Crippen LogP contribution in [0.2, 0.25) is 10.3 Å². The van der Waals surface area contributed by atoms with Gasteiger partial charge >= 0.3 is 0 Å². The third kappa shape index (κ3) is 3.67. The lowest BCUT2D eigenvalue weighted by Crippen LogP contribution is -2.24. The molecule has 0 aromatic carbocycles. The molecule has 82 valence electrons. The Balaban J connectivity index is 2.78. The normalized spacial score (nSPS) is 9.81. The van der Waals surface area contributed by atoms with E-state index in [-0.39, 0.29) is 13.1 Å². The van der Waals surface area contributed by atoms with Crippen LogP contribution >= 0.6 is 23.2 Å². The summed E-state index contributed by atoms with van der Waals surface area (Å²) in [6.07, 6.45) is 0. The van der Waals surface area contributed by atoms with E-state index in [1.54, 1.807) is 17.0 Å². The molecule has 0 aliphatic heterocycles. The van der Waals surface area contributed by atoms with Crippen molar-refractivity contribution in [3.8, 4) is 12.1 Å². The lowest BCUT2D eigenvalue weighted by molar-refractivity contribution is 0.334. The molecule has 0 fully saturated rings. The van der Waals surface area contributed by atoms with Crippen molar-refractivity contribution in [1.82, 2.24) is 9.88 Å². The summed E-state index contributed by atoms with van der Waals surface area (Å²) in [6.45, 7) is 0.753. The number of pyridine rings is 1. The molecule has 0 saturated carbocycles. The molecule has 0 amide bonds. The smallest absolute Gasteiger partial charge is 0.135 e. The molecule has 0 spiro atoms. The van der Waals surface area contributed by atoms with Crippen LogP contribution in [0.1, 0.15) is 5.56 Å². The van der Waals surface area contributed by atoms with Crippen molar-refractivity contribution in [3.63, 3.8) is 0 Å². The van der Waals surface area contributed by atoms with Crippen molar-refractivity contribution >= 4 is 23.2 Å². The van der Waals surface area contributed by atoms with E-state index in [0.717, 1.165) is 5.56 Å². The number of halogens is 2. The molecule has 0 radical (unpaired) electrons. The number of nitrogens with zero attached hydrogens (tertiary/aromatic N) is 4. The average molecular weight is 255 g/mol. The van der Waals surface area contributed by atoms with Gasteiger partial charge < -0.3 is 0 Å². The first-order valence-corrected chi connectivity index (χ1v) is 5.20. The summed E-state index contributed by atoms with van der Waals surface area (Å²) < 4.78 is 0. The van der Waals surface area contributed by atoms with E-state index in [4.69, 9.17) is 33.7 Å². The molecule has 0 saturated heterocycles. The fourth-order valence-electron chi connectivity index (χ4n) is 1.17. The Morgan fingerprint density at radius 2 is 1.81 bits per heavy atom. The minimum absolute atomic E-state index is 0.173. The highest BCUT2D eigenvalue weighted by molar-refractivity contribution is 6.32. The second-order valence-electron chi connectivity index (χ2n) is 3.05. The van der Waals surface area contributed by atoms with Gasteiger partial charge in [0.2, 0.25) is 0 Å². The maximum absolute atomic E-state index is 8.58. The first kappa shape index (κ1) is 12.7. The zero-order valence-corrected chi connectivity index (χ0v) is 9.83. The molecule has 0 N–H and O–H groups in total. The summed E-state index contributed by atoms with van der Waals surface area (Å²) >= 11 is 11.5. The Kier molecular flexibility index (Phi) is 5.01. The molecule has 1 heterocycles. The van der Waals surface area contributed by atoms with Crippen molar-refractivity contribution in [2.75, 3.05) is 13.1 Å². The third-order valence-electron chi connectivity index (χ3n) is 1.87. The molecule has 1 aromatic heterocycles. The molecular formula is C10H8Cl2N4. The Labute approximate surface area is 104 Å². The average Bonchev–Trinajstić information content (AvgIpc) is 2.23. The van der Waals surface area contributed by atoms with Gasteiger partial charge in [0.05, 0.1) is 25.2 Å². The monoisotopic (exact) mass is 254 g/mol. The Morgan fingerprint density at radius 1 is 1.19 bits per heavy atom. The van der Waals surface area contributed by atoms with Gasteiger partial charge in [0.15, 0.2) is 0 Å². The fourth-order valence-corrected chi connectivity index (χ4v) is 1.57. The quantitative estimate of drug-likeness (QED) is 0.611. The SMILES string of the molecule is N#CCN(CC#N)Cc1ccc(Cl)nc1Cl. The van der Waals surface area contributed by atoms with E-state index in [1.165, 1.54) is 0 Å². The molecule has 0 aliphatic rings. The highest BCUT2D eigenvalue weighted by Gasteiger charge is 2.09. The minimum atomic E-state index is 0.173. The molecule has 6 heteroatoms. The summed E-state index contributed by atoms with van der Waals surface area (Å²) in [4.78, 5) is 5.55. The topological polar surface area (TPSA) is 63.7 Å². The van der Waals surface area contributed by atoms with Crippen molar-refractivity contribution in [1.29, 1.82) is 10.5 Å². The molecule has 0 aliphatic carbocycles. The predicted octanol–water partition coefficient (Wildman–Crippen LogP) is 2.24. The second kappa shape index (κ2) is 6.30. The van der Waals surface area contributed by atoms with Crippen molar-refractivity contribution in [3.05, 3.63) is 28.0 Å². The van der Waals surface area contributed by atoms with Gasteiger partial charge in [-0.05, 0) is 6.07 Å². The number of hydrogen-bond donors (Lipinski definition) is 0. The molecule has 1 aromatic rings. The van der Waals surface area contributed by atoms with E-state index in [2.05, 4.69) is 4.98 Å². The first-order chi connectivity index (χ1) is 7.67. The van der Waals surface area contributed by atoms with Gasteiger partial charge in [-0.3, -0.25) is 4.90 Å². The lowest BCUT2D eigenvalue weighted by Gasteiger charge is -2.15. The first-order valence-electron chi connectivity index (χ1n) is 4.44. The van der Waals surface area contributed by atoms with E-state index in [1.807, 2.05) is 12.1 Å². The van der Waals surface area contributed by atoms with Crippen LogP contribution in [0.4, 0.5) is 0 Å². The van der Waals surface area contributed by atoms with E-state index >= 15 is 0 Å². The molecule has 4 nitrogen and oxygen atoms in total. The summed E-state index contributed by atoms with van der Waals surface area (Å²) in [5, 5.41) is 17.8. The van der Waals surface area contributed by atoms with Crippen molar-refractivity contribution in [2.45, 2.75) is 6.54 Å². The van der Waals surface area contributed by atoms with Crippen LogP contribution in [0.5, 0.6) is 0 Å². The van der Waals surface area contributed by atoms with Crippen LogP contribution in [0.3, 0.4) is 0 Å².